The van der Waals surface area contributed by atoms with Gasteiger partial charge >= 0.3 is 0 Å². The van der Waals surface area contributed by atoms with E-state index >= 15 is 0 Å². The molecule has 1 aliphatic rings. The molecule has 0 saturated carbocycles. The van der Waals surface area contributed by atoms with E-state index < -0.39 is 0 Å². The Morgan fingerprint density at radius 3 is 2.64 bits per heavy atom. The molecule has 0 spiro atoms. The minimum atomic E-state index is 1.05. The lowest BCUT2D eigenvalue weighted by atomic mass is 10.00. The molecule has 0 saturated heterocycles. The van der Waals surface area contributed by atoms with E-state index in [2.05, 4.69) is 22.9 Å². The molecular weight excluding hydrogens is 170 g/mol. The van der Waals surface area contributed by atoms with Crippen LogP contribution in [0.2, 0.25) is 0 Å². The first kappa shape index (κ1) is 9.02. The van der Waals surface area contributed by atoms with Gasteiger partial charge in [0.15, 0.2) is 0 Å². The number of pyridine rings is 1. The Morgan fingerprint density at radius 2 is 1.93 bits per heavy atom. The van der Waals surface area contributed by atoms with Crippen molar-refractivity contribution in [1.29, 1.82) is 0 Å². The monoisotopic (exact) mass is 183 g/mol. The maximum Gasteiger partial charge on any atom is 0.0280 e. The van der Waals surface area contributed by atoms with Gasteiger partial charge in [-0.3, -0.25) is 4.98 Å². The van der Waals surface area contributed by atoms with Crippen molar-refractivity contribution < 1.29 is 0 Å². The van der Waals surface area contributed by atoms with Gasteiger partial charge in [0.2, 0.25) is 0 Å². The lowest BCUT2D eigenvalue weighted by Crippen LogP contribution is -1.88. The van der Waals surface area contributed by atoms with E-state index in [1.54, 1.807) is 12.4 Å². The first-order chi connectivity index (χ1) is 6.95. The quantitative estimate of drug-likeness (QED) is 0.563. The number of aromatic nitrogens is 1. The molecule has 0 unspecified atom stereocenters. The highest BCUT2D eigenvalue weighted by Crippen LogP contribution is 2.16. The molecule has 0 aliphatic heterocycles. The summed E-state index contributed by atoms with van der Waals surface area (Å²) in [7, 11) is 0. The average molecular weight is 183 g/mol. The molecule has 0 aromatic carbocycles. The van der Waals surface area contributed by atoms with Gasteiger partial charge in [0, 0.05) is 18.0 Å². The molecular formula is C13H13N. The summed E-state index contributed by atoms with van der Waals surface area (Å²) in [6, 6.07) is 3.88. The topological polar surface area (TPSA) is 12.9 Å². The van der Waals surface area contributed by atoms with Crippen LogP contribution in [0, 0.1) is 11.8 Å². The SMILES string of the molecule is C(#Cc1ccncc1)C1=CCCCC1. The van der Waals surface area contributed by atoms with E-state index in [0.717, 1.165) is 12.0 Å². The molecule has 14 heavy (non-hydrogen) atoms. The fourth-order valence-corrected chi connectivity index (χ4v) is 1.54. The van der Waals surface area contributed by atoms with Crippen LogP contribution in [0.5, 0.6) is 0 Å². The van der Waals surface area contributed by atoms with Gasteiger partial charge in [-0.25, -0.2) is 0 Å². The van der Waals surface area contributed by atoms with E-state index in [0.29, 0.717) is 0 Å². The van der Waals surface area contributed by atoms with E-state index in [4.69, 9.17) is 0 Å². The van der Waals surface area contributed by atoms with Crippen molar-refractivity contribution in [3.8, 4) is 11.8 Å². The van der Waals surface area contributed by atoms with Gasteiger partial charge in [0.1, 0.15) is 0 Å². The normalized spacial score (nSPS) is 15.3. The molecule has 1 heteroatoms. The zero-order valence-electron chi connectivity index (χ0n) is 8.16. The third-order valence-corrected chi connectivity index (χ3v) is 2.34. The molecule has 1 heterocycles. The van der Waals surface area contributed by atoms with E-state index in [-0.39, 0.29) is 0 Å². The van der Waals surface area contributed by atoms with Gasteiger partial charge in [0.25, 0.3) is 0 Å². The predicted molar refractivity (Wildman–Crippen MR) is 57.7 cm³/mol. The van der Waals surface area contributed by atoms with Crippen LogP contribution in [-0.4, -0.2) is 4.98 Å². The average Bonchev–Trinajstić information content (AvgIpc) is 2.29. The Morgan fingerprint density at radius 1 is 1.07 bits per heavy atom. The number of hydrogen-bond donors (Lipinski definition) is 0. The third-order valence-electron chi connectivity index (χ3n) is 2.34. The minimum Gasteiger partial charge on any atom is -0.265 e. The Labute approximate surface area is 84.9 Å². The Balaban J connectivity index is 2.10. The summed E-state index contributed by atoms with van der Waals surface area (Å²) >= 11 is 0. The summed E-state index contributed by atoms with van der Waals surface area (Å²) in [6.45, 7) is 0. The molecule has 70 valence electrons. The zero-order chi connectivity index (χ0) is 9.64. The Bertz CT molecular complexity index is 379. The summed E-state index contributed by atoms with van der Waals surface area (Å²) in [5, 5.41) is 0. The molecule has 0 N–H and O–H groups in total. The summed E-state index contributed by atoms with van der Waals surface area (Å²) < 4.78 is 0. The molecule has 0 radical (unpaired) electrons. The van der Waals surface area contributed by atoms with Crippen molar-refractivity contribution >= 4 is 0 Å². The van der Waals surface area contributed by atoms with Crippen LogP contribution in [0.1, 0.15) is 31.2 Å². The highest BCUT2D eigenvalue weighted by atomic mass is 14.6. The second-order valence-electron chi connectivity index (χ2n) is 3.46. The van der Waals surface area contributed by atoms with Crippen molar-refractivity contribution in [1.82, 2.24) is 4.98 Å². The van der Waals surface area contributed by atoms with Crippen LogP contribution in [0.4, 0.5) is 0 Å². The van der Waals surface area contributed by atoms with Crippen molar-refractivity contribution in [2.45, 2.75) is 25.7 Å². The fraction of sp³-hybridized carbons (Fsp3) is 0.308. The Hall–Kier alpha value is -1.55. The largest absolute Gasteiger partial charge is 0.265 e. The van der Waals surface area contributed by atoms with Crippen molar-refractivity contribution in [2.75, 3.05) is 0 Å². The molecule has 2 rings (SSSR count). The summed E-state index contributed by atoms with van der Waals surface area (Å²) in [6.07, 6.45) is 10.8. The van der Waals surface area contributed by atoms with Gasteiger partial charge in [-0.2, -0.15) is 0 Å². The highest BCUT2D eigenvalue weighted by Gasteiger charge is 1.99. The van der Waals surface area contributed by atoms with Gasteiger partial charge in [-0.05, 0) is 43.4 Å². The standard InChI is InChI=1S/C13H13N/c1-2-4-12(5-3-1)6-7-13-8-10-14-11-9-13/h4,8-11H,1-3,5H2. The van der Waals surface area contributed by atoms with Crippen LogP contribution in [0.25, 0.3) is 0 Å². The summed E-state index contributed by atoms with van der Waals surface area (Å²) in [5.41, 5.74) is 2.35. The smallest absolute Gasteiger partial charge is 0.0280 e. The maximum atomic E-state index is 3.96. The molecule has 1 nitrogen and oxygen atoms in total. The van der Waals surface area contributed by atoms with Gasteiger partial charge < -0.3 is 0 Å². The van der Waals surface area contributed by atoms with Crippen molar-refractivity contribution in [3.63, 3.8) is 0 Å². The summed E-state index contributed by atoms with van der Waals surface area (Å²) in [5.74, 6) is 6.38. The molecule has 1 aromatic rings. The van der Waals surface area contributed by atoms with Crippen LogP contribution < -0.4 is 0 Å². The molecule has 0 bridgehead atoms. The van der Waals surface area contributed by atoms with Crippen molar-refractivity contribution in [2.24, 2.45) is 0 Å². The summed E-state index contributed by atoms with van der Waals surface area (Å²) in [4.78, 5) is 3.96. The number of nitrogens with zero attached hydrogens (tertiary/aromatic N) is 1. The first-order valence-electron chi connectivity index (χ1n) is 5.06. The zero-order valence-corrected chi connectivity index (χ0v) is 8.16. The number of rotatable bonds is 0. The van der Waals surface area contributed by atoms with Crippen LogP contribution >= 0.6 is 0 Å². The second-order valence-corrected chi connectivity index (χ2v) is 3.46. The Kier molecular flexibility index (Phi) is 2.98. The highest BCUT2D eigenvalue weighted by molar-refractivity contribution is 5.39. The third kappa shape index (κ3) is 2.47. The van der Waals surface area contributed by atoms with E-state index in [9.17, 15) is 0 Å². The van der Waals surface area contributed by atoms with Gasteiger partial charge in [0.05, 0.1) is 0 Å². The molecule has 0 fully saturated rings. The maximum absolute atomic E-state index is 3.96. The van der Waals surface area contributed by atoms with E-state index in [1.165, 1.54) is 24.8 Å². The molecule has 1 aromatic heterocycles. The first-order valence-corrected chi connectivity index (χ1v) is 5.06. The molecule has 0 atom stereocenters. The lowest BCUT2D eigenvalue weighted by Gasteiger charge is -2.05. The predicted octanol–water partition coefficient (Wildman–Crippen LogP) is 2.93. The van der Waals surface area contributed by atoms with Crippen LogP contribution in [-0.2, 0) is 0 Å². The van der Waals surface area contributed by atoms with Crippen molar-refractivity contribution in [3.05, 3.63) is 41.7 Å². The van der Waals surface area contributed by atoms with Crippen LogP contribution in [0.3, 0.4) is 0 Å². The molecule has 0 amide bonds. The number of hydrogen-bond acceptors (Lipinski definition) is 1. The number of allylic oxidation sites excluding steroid dienone is 2. The fourth-order valence-electron chi connectivity index (χ4n) is 1.54. The van der Waals surface area contributed by atoms with Gasteiger partial charge in [-0.1, -0.05) is 17.9 Å². The lowest BCUT2D eigenvalue weighted by molar-refractivity contribution is 0.715. The van der Waals surface area contributed by atoms with E-state index in [1.807, 2.05) is 12.1 Å². The molecule has 1 aliphatic carbocycles. The van der Waals surface area contributed by atoms with Gasteiger partial charge in [-0.15, -0.1) is 0 Å². The van der Waals surface area contributed by atoms with Crippen LogP contribution in [0.15, 0.2) is 36.2 Å². The second kappa shape index (κ2) is 4.62. The minimum absolute atomic E-state index is 1.05.